The Morgan fingerprint density at radius 3 is 2.47 bits per heavy atom. The lowest BCUT2D eigenvalue weighted by Gasteiger charge is -2.38. The second-order valence-electron chi connectivity index (χ2n) is 10.1. The molecule has 1 amide bonds. The molecule has 2 saturated heterocycles. The van der Waals surface area contributed by atoms with Crippen molar-refractivity contribution in [3.8, 4) is 5.75 Å². The summed E-state index contributed by atoms with van der Waals surface area (Å²) in [4.78, 5) is 14.7. The molecule has 0 bridgehead atoms. The molecular formula is C23H35ClN2O5S. The van der Waals surface area contributed by atoms with Gasteiger partial charge in [0.05, 0.1) is 28.4 Å². The molecule has 2 fully saturated rings. The number of carbonyl (C=O) groups is 1. The molecule has 1 unspecified atom stereocenters. The standard InChI is InChI=1S/C23H35ClN2O5S/c1-14-11-16(18(27)12-17(14)24)20(25-32(29)22(2,3)4)15-7-9-26(10-8-15)21(28)19-13-30-23(5,6)31-19/h11-12,15,19-20,25,27H,7-10,13H2,1-6H3/t19-,20-,32?/m1/s1. The maximum absolute atomic E-state index is 13.0. The van der Waals surface area contributed by atoms with E-state index in [0.717, 1.165) is 5.56 Å². The monoisotopic (exact) mass is 486 g/mol. The number of rotatable bonds is 5. The van der Waals surface area contributed by atoms with Gasteiger partial charge in [0.15, 0.2) is 11.9 Å². The Morgan fingerprint density at radius 1 is 1.31 bits per heavy atom. The summed E-state index contributed by atoms with van der Waals surface area (Å²) in [6.45, 7) is 12.6. The third kappa shape index (κ3) is 5.83. The minimum atomic E-state index is -1.33. The first-order valence-electron chi connectivity index (χ1n) is 11.1. The minimum Gasteiger partial charge on any atom is -0.508 e. The third-order valence-electron chi connectivity index (χ3n) is 6.04. The van der Waals surface area contributed by atoms with Crippen LogP contribution in [0.25, 0.3) is 0 Å². The van der Waals surface area contributed by atoms with Crippen LogP contribution in [-0.2, 0) is 25.3 Å². The Bertz CT molecular complexity index is 878. The Labute approximate surface area is 198 Å². The van der Waals surface area contributed by atoms with Gasteiger partial charge in [0, 0.05) is 23.7 Å². The van der Waals surface area contributed by atoms with Gasteiger partial charge < -0.3 is 19.5 Å². The van der Waals surface area contributed by atoms with Crippen LogP contribution >= 0.6 is 11.6 Å². The number of hydrogen-bond donors (Lipinski definition) is 2. The summed E-state index contributed by atoms with van der Waals surface area (Å²) in [5.74, 6) is -0.619. The van der Waals surface area contributed by atoms with Crippen molar-refractivity contribution in [2.75, 3.05) is 19.7 Å². The summed E-state index contributed by atoms with van der Waals surface area (Å²) < 4.78 is 27.0. The number of carbonyl (C=O) groups excluding carboxylic acids is 1. The van der Waals surface area contributed by atoms with Crippen molar-refractivity contribution in [3.63, 3.8) is 0 Å². The van der Waals surface area contributed by atoms with E-state index in [4.69, 9.17) is 21.1 Å². The fraction of sp³-hybridized carbons (Fsp3) is 0.696. The lowest BCUT2D eigenvalue weighted by Crippen LogP contribution is -2.47. The number of aryl methyl sites for hydroxylation is 1. The average molecular weight is 487 g/mol. The summed E-state index contributed by atoms with van der Waals surface area (Å²) in [5.41, 5.74) is 1.53. The van der Waals surface area contributed by atoms with Crippen LogP contribution in [0.2, 0.25) is 5.02 Å². The molecule has 2 heterocycles. The average Bonchev–Trinajstić information content (AvgIpc) is 3.07. The van der Waals surface area contributed by atoms with Gasteiger partial charge in [-0.25, -0.2) is 8.93 Å². The Morgan fingerprint density at radius 2 is 1.94 bits per heavy atom. The Kier molecular flexibility index (Phi) is 7.62. The number of phenols is 1. The van der Waals surface area contributed by atoms with E-state index in [1.165, 1.54) is 0 Å². The van der Waals surface area contributed by atoms with Crippen molar-refractivity contribution in [1.82, 2.24) is 9.62 Å². The molecule has 2 aliphatic heterocycles. The second-order valence-corrected chi connectivity index (χ2v) is 12.5. The smallest absolute Gasteiger partial charge is 0.254 e. The molecular weight excluding hydrogens is 452 g/mol. The van der Waals surface area contributed by atoms with Gasteiger partial charge in [0.2, 0.25) is 0 Å². The first-order valence-corrected chi connectivity index (χ1v) is 12.6. The van der Waals surface area contributed by atoms with E-state index in [9.17, 15) is 14.1 Å². The lowest BCUT2D eigenvalue weighted by molar-refractivity contribution is -0.161. The van der Waals surface area contributed by atoms with Crippen LogP contribution in [-0.4, -0.2) is 56.5 Å². The highest BCUT2D eigenvalue weighted by Gasteiger charge is 2.41. The number of amides is 1. The lowest BCUT2D eigenvalue weighted by atomic mass is 9.85. The van der Waals surface area contributed by atoms with Gasteiger partial charge in [-0.05, 0) is 78.0 Å². The maximum Gasteiger partial charge on any atom is 0.254 e. The largest absolute Gasteiger partial charge is 0.508 e. The molecule has 3 atom stereocenters. The summed E-state index contributed by atoms with van der Waals surface area (Å²) in [5, 5.41) is 11.1. The summed E-state index contributed by atoms with van der Waals surface area (Å²) in [7, 11) is -1.33. The van der Waals surface area contributed by atoms with Gasteiger partial charge in [-0.3, -0.25) is 4.79 Å². The molecule has 0 radical (unpaired) electrons. The van der Waals surface area contributed by atoms with Crippen LogP contribution in [0.5, 0.6) is 5.75 Å². The van der Waals surface area contributed by atoms with Crippen molar-refractivity contribution in [2.45, 2.75) is 77.1 Å². The van der Waals surface area contributed by atoms with Gasteiger partial charge in [-0.15, -0.1) is 0 Å². The number of piperidine rings is 1. The minimum absolute atomic E-state index is 0.0537. The van der Waals surface area contributed by atoms with Gasteiger partial charge in [0.25, 0.3) is 5.91 Å². The number of phenolic OH excluding ortho intramolecular Hbond substituents is 1. The zero-order chi connectivity index (χ0) is 23.8. The molecule has 1 aromatic carbocycles. The van der Waals surface area contributed by atoms with E-state index in [2.05, 4.69) is 4.72 Å². The molecule has 0 spiro atoms. The number of nitrogens with zero attached hydrogens (tertiary/aromatic N) is 1. The fourth-order valence-corrected chi connectivity index (χ4v) is 5.18. The summed E-state index contributed by atoms with van der Waals surface area (Å²) in [6.07, 6.45) is 0.845. The predicted octanol–water partition coefficient (Wildman–Crippen LogP) is 3.84. The van der Waals surface area contributed by atoms with Crippen LogP contribution in [0, 0.1) is 12.8 Å². The first kappa shape index (κ1) is 25.4. The Hall–Kier alpha value is -1.19. The van der Waals surface area contributed by atoms with Gasteiger partial charge in [-0.2, -0.15) is 0 Å². The van der Waals surface area contributed by atoms with Crippen LogP contribution in [0.15, 0.2) is 12.1 Å². The van der Waals surface area contributed by atoms with Gasteiger partial charge in [-0.1, -0.05) is 11.6 Å². The topological polar surface area (TPSA) is 88.1 Å². The molecule has 0 aliphatic carbocycles. The fourth-order valence-electron chi connectivity index (χ4n) is 4.11. The van der Waals surface area contributed by atoms with E-state index in [1.807, 2.05) is 38.7 Å². The molecule has 32 heavy (non-hydrogen) atoms. The molecule has 0 saturated carbocycles. The molecule has 9 heteroatoms. The van der Waals surface area contributed by atoms with Crippen molar-refractivity contribution in [1.29, 1.82) is 0 Å². The predicted molar refractivity (Wildman–Crippen MR) is 126 cm³/mol. The zero-order valence-electron chi connectivity index (χ0n) is 19.7. The molecule has 2 aliphatic rings. The van der Waals surface area contributed by atoms with E-state index in [0.29, 0.717) is 36.5 Å². The van der Waals surface area contributed by atoms with Crippen molar-refractivity contribution in [3.05, 3.63) is 28.3 Å². The number of likely N-dealkylation sites (tertiary alicyclic amines) is 1. The normalized spacial score (nSPS) is 23.8. The summed E-state index contributed by atoms with van der Waals surface area (Å²) >= 11 is 6.18. The van der Waals surface area contributed by atoms with Crippen LogP contribution in [0.4, 0.5) is 0 Å². The summed E-state index contributed by atoms with van der Waals surface area (Å²) in [6, 6.07) is 3.07. The first-order chi connectivity index (χ1) is 14.8. The molecule has 3 rings (SSSR count). The molecule has 7 nitrogen and oxygen atoms in total. The second kappa shape index (κ2) is 9.58. The maximum atomic E-state index is 13.0. The Balaban J connectivity index is 1.76. The highest BCUT2D eigenvalue weighted by Crippen LogP contribution is 2.38. The van der Waals surface area contributed by atoms with E-state index < -0.39 is 27.6 Å². The van der Waals surface area contributed by atoms with Gasteiger partial charge >= 0.3 is 0 Å². The van der Waals surface area contributed by atoms with Gasteiger partial charge in [0.1, 0.15) is 5.75 Å². The van der Waals surface area contributed by atoms with Crippen LogP contribution in [0.1, 0.15) is 64.6 Å². The molecule has 180 valence electrons. The highest BCUT2D eigenvalue weighted by molar-refractivity contribution is 7.84. The number of aromatic hydroxyl groups is 1. The van der Waals surface area contributed by atoms with Crippen molar-refractivity contribution >= 4 is 28.5 Å². The zero-order valence-corrected chi connectivity index (χ0v) is 21.3. The number of benzene rings is 1. The number of nitrogens with one attached hydrogen (secondary N) is 1. The third-order valence-corrected chi connectivity index (χ3v) is 8.03. The molecule has 1 aromatic rings. The van der Waals surface area contributed by atoms with Crippen LogP contribution < -0.4 is 4.72 Å². The molecule has 2 N–H and O–H groups in total. The number of hydrogen-bond acceptors (Lipinski definition) is 5. The van der Waals surface area contributed by atoms with Crippen molar-refractivity contribution in [2.24, 2.45) is 5.92 Å². The molecule has 0 aromatic heterocycles. The van der Waals surface area contributed by atoms with E-state index >= 15 is 0 Å². The number of halogens is 1. The van der Waals surface area contributed by atoms with Crippen LogP contribution in [0.3, 0.4) is 0 Å². The quantitative estimate of drug-likeness (QED) is 0.660. The highest BCUT2D eigenvalue weighted by atomic mass is 35.5. The number of ether oxygens (including phenoxy) is 2. The van der Waals surface area contributed by atoms with Crippen molar-refractivity contribution < 1.29 is 23.6 Å². The van der Waals surface area contributed by atoms with E-state index in [-0.39, 0.29) is 30.2 Å². The SMILES string of the molecule is Cc1cc([C@H](NS(=O)C(C)(C)C)C2CCN(C(=O)[C@H]3COC(C)(C)O3)CC2)c(O)cc1Cl. The van der Waals surface area contributed by atoms with E-state index in [1.54, 1.807) is 19.9 Å².